The molecule has 0 spiro atoms. The van der Waals surface area contributed by atoms with E-state index >= 15 is 0 Å². The van der Waals surface area contributed by atoms with Gasteiger partial charge in [0.1, 0.15) is 0 Å². The average molecular weight is 669 g/mol. The smallest absolute Gasteiger partial charge is 0.0945 e. The lowest BCUT2D eigenvalue weighted by Crippen LogP contribution is -2.66. The number of quaternary nitrogens is 1. The molecule has 4 rings (SSSR count). The summed E-state index contributed by atoms with van der Waals surface area (Å²) in [6, 6.07) is 0.886. The fourth-order valence-electron chi connectivity index (χ4n) is 13.7. The van der Waals surface area contributed by atoms with Crippen LogP contribution in [0.25, 0.3) is 0 Å². The molecule has 0 N–H and O–H groups in total. The molecule has 282 valence electrons. The Hall–Kier alpha value is -0.0400. The zero-order chi connectivity index (χ0) is 34.6. The first-order valence-electron chi connectivity index (χ1n) is 22.9. The minimum absolute atomic E-state index is 0.571. The van der Waals surface area contributed by atoms with Gasteiger partial charge in [0.2, 0.25) is 0 Å². The Labute approximate surface area is 303 Å². The van der Waals surface area contributed by atoms with Crippen LogP contribution in [0.15, 0.2) is 0 Å². The van der Waals surface area contributed by atoms with Crippen molar-refractivity contribution in [3.05, 3.63) is 0 Å². The molecule has 4 aliphatic carbocycles. The van der Waals surface area contributed by atoms with Crippen molar-refractivity contribution in [3.63, 3.8) is 0 Å². The van der Waals surface area contributed by atoms with E-state index in [0.717, 1.165) is 47.5 Å². The van der Waals surface area contributed by atoms with Crippen LogP contribution in [0, 0.1) is 52.3 Å². The first kappa shape index (κ1) is 40.7. The quantitative estimate of drug-likeness (QED) is 0.0751. The van der Waals surface area contributed by atoms with Crippen molar-refractivity contribution in [2.75, 3.05) is 20.6 Å². The van der Waals surface area contributed by atoms with E-state index in [1.807, 2.05) is 0 Å². The molecular formula is C47H90N+. The molecule has 0 radical (unpaired) electrons. The van der Waals surface area contributed by atoms with Crippen molar-refractivity contribution < 1.29 is 4.48 Å². The van der Waals surface area contributed by atoms with Crippen LogP contribution in [0.1, 0.15) is 221 Å². The SMILES string of the molecule is CCCCCCCCCCCCCCCCCC[N+](C)(C)C1CCCC2CC[C@@H]3[C@H](CC[C@]4(C)[C@@H]([C@H](C)CCCC(C)C)CC[C@@H]34)[C@]21C. The minimum atomic E-state index is 0.571. The lowest BCUT2D eigenvalue weighted by atomic mass is 9.43. The molecule has 4 fully saturated rings. The summed E-state index contributed by atoms with van der Waals surface area (Å²) >= 11 is 0. The molecule has 0 aromatic heterocycles. The molecular weight excluding hydrogens is 579 g/mol. The summed E-state index contributed by atoms with van der Waals surface area (Å²) in [6.07, 6.45) is 41.7. The molecule has 48 heavy (non-hydrogen) atoms. The first-order chi connectivity index (χ1) is 23.1. The number of nitrogens with zero attached hydrogens (tertiary/aromatic N) is 1. The summed E-state index contributed by atoms with van der Waals surface area (Å²) in [5, 5.41) is 0. The number of hydrogen-bond acceptors (Lipinski definition) is 0. The third kappa shape index (κ3) is 10.3. The van der Waals surface area contributed by atoms with E-state index in [4.69, 9.17) is 0 Å². The molecule has 0 aliphatic heterocycles. The van der Waals surface area contributed by atoms with Gasteiger partial charge >= 0.3 is 0 Å². The van der Waals surface area contributed by atoms with Crippen LogP contribution in [0.2, 0.25) is 0 Å². The van der Waals surface area contributed by atoms with Gasteiger partial charge in [-0.3, -0.25) is 0 Å². The number of rotatable bonds is 23. The van der Waals surface area contributed by atoms with Crippen molar-refractivity contribution in [1.29, 1.82) is 0 Å². The van der Waals surface area contributed by atoms with Gasteiger partial charge in [0, 0.05) is 11.8 Å². The Bertz CT molecular complexity index is 874. The summed E-state index contributed by atoms with van der Waals surface area (Å²) in [6.45, 7) is 16.9. The summed E-state index contributed by atoms with van der Waals surface area (Å²) in [7, 11) is 5.34. The van der Waals surface area contributed by atoms with Gasteiger partial charge in [-0.05, 0) is 111 Å². The van der Waals surface area contributed by atoms with E-state index in [9.17, 15) is 0 Å². The van der Waals surface area contributed by atoms with Crippen molar-refractivity contribution >= 4 is 0 Å². The number of fused-ring (bicyclic) bond motifs is 5. The van der Waals surface area contributed by atoms with E-state index in [1.54, 1.807) is 32.1 Å². The molecule has 0 aromatic rings. The van der Waals surface area contributed by atoms with Crippen LogP contribution in [0.3, 0.4) is 0 Å². The molecule has 0 aromatic carbocycles. The molecule has 0 heterocycles. The topological polar surface area (TPSA) is 0 Å². The fourth-order valence-corrected chi connectivity index (χ4v) is 13.7. The largest absolute Gasteiger partial charge is 0.326 e. The highest BCUT2D eigenvalue weighted by Gasteiger charge is 2.64. The Morgan fingerprint density at radius 2 is 1.17 bits per heavy atom. The Morgan fingerprint density at radius 1 is 0.583 bits per heavy atom. The van der Waals surface area contributed by atoms with Crippen LogP contribution in [0.5, 0.6) is 0 Å². The highest BCUT2D eigenvalue weighted by Crippen LogP contribution is 2.69. The van der Waals surface area contributed by atoms with Crippen molar-refractivity contribution in [1.82, 2.24) is 0 Å². The Morgan fingerprint density at radius 3 is 1.75 bits per heavy atom. The highest BCUT2D eigenvalue weighted by molar-refractivity contribution is 5.11. The van der Waals surface area contributed by atoms with Gasteiger partial charge in [0.05, 0.1) is 26.7 Å². The lowest BCUT2D eigenvalue weighted by Gasteiger charge is -2.64. The zero-order valence-corrected chi connectivity index (χ0v) is 34.6. The van der Waals surface area contributed by atoms with Gasteiger partial charge in [-0.1, -0.05) is 151 Å². The van der Waals surface area contributed by atoms with E-state index < -0.39 is 0 Å². The van der Waals surface area contributed by atoms with Crippen molar-refractivity contribution in [2.45, 2.75) is 227 Å². The molecule has 4 aliphatic rings. The van der Waals surface area contributed by atoms with Crippen molar-refractivity contribution in [3.8, 4) is 0 Å². The molecule has 2 unspecified atom stereocenters. The van der Waals surface area contributed by atoms with E-state index in [2.05, 4.69) is 55.6 Å². The normalized spacial score (nSPS) is 34.2. The van der Waals surface area contributed by atoms with Crippen LogP contribution in [0.4, 0.5) is 0 Å². The van der Waals surface area contributed by atoms with Gasteiger partial charge in [-0.2, -0.15) is 0 Å². The van der Waals surface area contributed by atoms with Crippen LogP contribution >= 0.6 is 0 Å². The first-order valence-corrected chi connectivity index (χ1v) is 22.9. The predicted molar refractivity (Wildman–Crippen MR) is 213 cm³/mol. The van der Waals surface area contributed by atoms with Crippen molar-refractivity contribution in [2.24, 2.45) is 52.3 Å². The highest BCUT2D eigenvalue weighted by atomic mass is 15.3. The van der Waals surface area contributed by atoms with E-state index in [0.29, 0.717) is 10.8 Å². The molecule has 0 amide bonds. The van der Waals surface area contributed by atoms with Crippen LogP contribution in [-0.4, -0.2) is 31.2 Å². The predicted octanol–water partition coefficient (Wildman–Crippen LogP) is 14.8. The van der Waals surface area contributed by atoms with Crippen LogP contribution in [-0.2, 0) is 0 Å². The summed E-state index contributed by atoms with van der Waals surface area (Å²) in [4.78, 5) is 0. The number of unbranched alkanes of at least 4 members (excludes halogenated alkanes) is 15. The maximum atomic E-state index is 2.87. The van der Waals surface area contributed by atoms with E-state index in [1.165, 1.54) is 159 Å². The monoisotopic (exact) mass is 669 g/mol. The fraction of sp³-hybridized carbons (Fsp3) is 1.00. The lowest BCUT2D eigenvalue weighted by molar-refractivity contribution is -0.926. The van der Waals surface area contributed by atoms with Gasteiger partial charge < -0.3 is 4.48 Å². The molecule has 1 heteroatoms. The maximum Gasteiger partial charge on any atom is 0.0945 e. The summed E-state index contributed by atoms with van der Waals surface area (Å²) in [5.74, 6) is 6.82. The minimum Gasteiger partial charge on any atom is -0.326 e. The standard InChI is InChI=1S/C47H90N/c1-9-10-11-12-13-14-15-16-17-18-19-20-21-22-23-24-37-48(7,8)45-30-26-29-40-31-32-41-43-34-33-42(39(4)28-25-27-38(2)3)46(43,5)36-35-44(41)47(40,45)6/h38-45H,9-37H2,1-8H3/q+1/t39-,40?,41+,42-,43+,44+,45?,46-,47+/m1/s1. The summed E-state index contributed by atoms with van der Waals surface area (Å²) in [5.41, 5.74) is 1.20. The molecule has 1 nitrogen and oxygen atoms in total. The Kier molecular flexibility index (Phi) is 16.7. The summed E-state index contributed by atoms with van der Waals surface area (Å²) < 4.78 is 1.31. The molecule has 0 bridgehead atoms. The molecule has 9 atom stereocenters. The second kappa shape index (κ2) is 19.7. The maximum absolute atomic E-state index is 2.87. The number of hydrogen-bond donors (Lipinski definition) is 0. The third-order valence-corrected chi connectivity index (χ3v) is 16.3. The van der Waals surface area contributed by atoms with E-state index in [-0.39, 0.29) is 0 Å². The Balaban J connectivity index is 1.20. The van der Waals surface area contributed by atoms with Crippen LogP contribution < -0.4 is 0 Å². The average Bonchev–Trinajstić information content (AvgIpc) is 3.41. The van der Waals surface area contributed by atoms with Gasteiger partial charge in [-0.15, -0.1) is 0 Å². The second-order valence-electron chi connectivity index (χ2n) is 20.3. The third-order valence-electron chi connectivity index (χ3n) is 16.3. The second-order valence-corrected chi connectivity index (χ2v) is 20.3. The molecule has 0 saturated heterocycles. The van der Waals surface area contributed by atoms with Gasteiger partial charge in [-0.25, -0.2) is 0 Å². The van der Waals surface area contributed by atoms with Gasteiger partial charge in [0.15, 0.2) is 0 Å². The van der Waals surface area contributed by atoms with Gasteiger partial charge in [0.25, 0.3) is 0 Å². The zero-order valence-electron chi connectivity index (χ0n) is 34.6. The molecule has 4 saturated carbocycles.